The first-order valence-corrected chi connectivity index (χ1v) is 7.60. The standard InChI is InChI=1S/C20H14N2O2/c23-20(24)16-12-17(14-7-2-1-3-8-14)22-19(16)18-15-9-5-4-6-13(15)10-11-21-18/h1-12,22H,(H,23,24). The Morgan fingerprint density at radius 1 is 0.958 bits per heavy atom. The van der Waals surface area contributed by atoms with Crippen LogP contribution in [0, 0.1) is 0 Å². The van der Waals surface area contributed by atoms with Gasteiger partial charge in [-0.25, -0.2) is 4.79 Å². The summed E-state index contributed by atoms with van der Waals surface area (Å²) in [5.41, 5.74) is 3.09. The van der Waals surface area contributed by atoms with Gasteiger partial charge in [0.15, 0.2) is 0 Å². The van der Waals surface area contributed by atoms with E-state index < -0.39 is 5.97 Å². The van der Waals surface area contributed by atoms with Crippen molar-refractivity contribution in [3.05, 3.63) is 78.5 Å². The first-order valence-electron chi connectivity index (χ1n) is 7.60. The van der Waals surface area contributed by atoms with Gasteiger partial charge in [0.25, 0.3) is 0 Å². The van der Waals surface area contributed by atoms with Gasteiger partial charge in [0, 0.05) is 17.3 Å². The molecular weight excluding hydrogens is 300 g/mol. The molecular formula is C20H14N2O2. The van der Waals surface area contributed by atoms with Crippen LogP contribution in [0.3, 0.4) is 0 Å². The van der Waals surface area contributed by atoms with Gasteiger partial charge in [-0.2, -0.15) is 0 Å². The van der Waals surface area contributed by atoms with E-state index >= 15 is 0 Å². The van der Waals surface area contributed by atoms with E-state index in [9.17, 15) is 9.90 Å². The Labute approximate surface area is 138 Å². The van der Waals surface area contributed by atoms with Gasteiger partial charge in [-0.15, -0.1) is 0 Å². The molecule has 4 nitrogen and oxygen atoms in total. The molecule has 4 heteroatoms. The lowest BCUT2D eigenvalue weighted by Gasteiger charge is -2.05. The van der Waals surface area contributed by atoms with Crippen molar-refractivity contribution >= 4 is 16.7 Å². The molecule has 0 bridgehead atoms. The molecule has 2 N–H and O–H groups in total. The largest absolute Gasteiger partial charge is 0.478 e. The number of fused-ring (bicyclic) bond motifs is 1. The van der Waals surface area contributed by atoms with Crippen LogP contribution in [0.2, 0.25) is 0 Å². The van der Waals surface area contributed by atoms with Gasteiger partial charge in [-0.05, 0) is 23.1 Å². The summed E-state index contributed by atoms with van der Waals surface area (Å²) in [4.78, 5) is 19.4. The van der Waals surface area contributed by atoms with Crippen LogP contribution in [-0.2, 0) is 0 Å². The van der Waals surface area contributed by atoms with Crippen LogP contribution in [0.15, 0.2) is 72.9 Å². The molecule has 0 fully saturated rings. The molecule has 0 aliphatic heterocycles. The highest BCUT2D eigenvalue weighted by atomic mass is 16.4. The Hall–Kier alpha value is -3.40. The summed E-state index contributed by atoms with van der Waals surface area (Å²) in [6.45, 7) is 0. The van der Waals surface area contributed by atoms with Gasteiger partial charge in [0.2, 0.25) is 0 Å². The van der Waals surface area contributed by atoms with Crippen LogP contribution in [0.5, 0.6) is 0 Å². The normalized spacial score (nSPS) is 10.8. The number of rotatable bonds is 3. The van der Waals surface area contributed by atoms with Crippen molar-refractivity contribution in [2.24, 2.45) is 0 Å². The summed E-state index contributed by atoms with van der Waals surface area (Å²) < 4.78 is 0. The van der Waals surface area contributed by atoms with Crippen LogP contribution in [0.1, 0.15) is 10.4 Å². The summed E-state index contributed by atoms with van der Waals surface area (Å²) in [5, 5.41) is 11.6. The van der Waals surface area contributed by atoms with Crippen molar-refractivity contribution in [2.45, 2.75) is 0 Å². The third kappa shape index (κ3) is 2.34. The predicted molar refractivity (Wildman–Crippen MR) is 93.9 cm³/mol. The second kappa shape index (κ2) is 5.66. The SMILES string of the molecule is O=C(O)c1cc(-c2ccccc2)[nH]c1-c1nccc2ccccc12. The number of aromatic amines is 1. The van der Waals surface area contributed by atoms with Crippen molar-refractivity contribution in [3.63, 3.8) is 0 Å². The number of nitrogens with one attached hydrogen (secondary N) is 1. The fourth-order valence-electron chi connectivity index (χ4n) is 2.90. The fourth-order valence-corrected chi connectivity index (χ4v) is 2.90. The zero-order chi connectivity index (χ0) is 16.5. The van der Waals surface area contributed by atoms with Gasteiger partial charge in [0.1, 0.15) is 0 Å². The van der Waals surface area contributed by atoms with Crippen LogP contribution in [0.4, 0.5) is 0 Å². The summed E-state index contributed by atoms with van der Waals surface area (Å²) in [7, 11) is 0. The molecule has 2 aromatic heterocycles. The monoisotopic (exact) mass is 314 g/mol. The van der Waals surface area contributed by atoms with Crippen LogP contribution < -0.4 is 0 Å². The summed E-state index contributed by atoms with van der Waals surface area (Å²) in [6.07, 6.45) is 1.70. The van der Waals surface area contributed by atoms with Crippen molar-refractivity contribution in [3.8, 4) is 22.6 Å². The Bertz CT molecular complexity index is 1030. The minimum absolute atomic E-state index is 0.220. The van der Waals surface area contributed by atoms with Crippen molar-refractivity contribution < 1.29 is 9.90 Å². The van der Waals surface area contributed by atoms with Gasteiger partial charge < -0.3 is 10.1 Å². The van der Waals surface area contributed by atoms with E-state index in [2.05, 4.69) is 9.97 Å². The minimum Gasteiger partial charge on any atom is -0.478 e. The fraction of sp³-hybridized carbons (Fsp3) is 0. The molecule has 2 heterocycles. The number of hydrogen-bond donors (Lipinski definition) is 2. The molecule has 0 atom stereocenters. The number of carbonyl (C=O) groups is 1. The van der Waals surface area contributed by atoms with E-state index in [0.29, 0.717) is 11.4 Å². The maximum atomic E-state index is 11.7. The van der Waals surface area contributed by atoms with Crippen molar-refractivity contribution in [1.29, 1.82) is 0 Å². The van der Waals surface area contributed by atoms with E-state index in [1.807, 2.05) is 60.7 Å². The molecule has 0 aliphatic rings. The molecule has 4 aromatic rings. The van der Waals surface area contributed by atoms with Crippen molar-refractivity contribution in [1.82, 2.24) is 9.97 Å². The van der Waals surface area contributed by atoms with Crippen LogP contribution >= 0.6 is 0 Å². The zero-order valence-corrected chi connectivity index (χ0v) is 12.7. The Morgan fingerprint density at radius 3 is 2.50 bits per heavy atom. The molecule has 4 rings (SSSR count). The zero-order valence-electron chi connectivity index (χ0n) is 12.7. The Kier molecular flexibility index (Phi) is 3.35. The number of carboxylic acids is 1. The second-order valence-corrected chi connectivity index (χ2v) is 5.52. The topological polar surface area (TPSA) is 66.0 Å². The third-order valence-corrected chi connectivity index (χ3v) is 4.04. The number of pyridine rings is 1. The smallest absolute Gasteiger partial charge is 0.337 e. The van der Waals surface area contributed by atoms with Gasteiger partial charge in [-0.3, -0.25) is 4.98 Å². The average Bonchev–Trinajstić information content (AvgIpc) is 3.07. The molecule has 0 amide bonds. The van der Waals surface area contributed by atoms with E-state index in [0.717, 1.165) is 22.0 Å². The lowest BCUT2D eigenvalue weighted by Crippen LogP contribution is -1.98. The first-order chi connectivity index (χ1) is 11.7. The molecule has 0 spiro atoms. The lowest BCUT2D eigenvalue weighted by molar-refractivity contribution is 0.0698. The summed E-state index contributed by atoms with van der Waals surface area (Å²) in [5.74, 6) is -0.974. The van der Waals surface area contributed by atoms with Crippen LogP contribution in [-0.4, -0.2) is 21.0 Å². The third-order valence-electron chi connectivity index (χ3n) is 4.04. The second-order valence-electron chi connectivity index (χ2n) is 5.52. The number of H-pyrrole nitrogens is 1. The van der Waals surface area contributed by atoms with Gasteiger partial charge in [0.05, 0.1) is 17.0 Å². The number of hydrogen-bond acceptors (Lipinski definition) is 2. The average molecular weight is 314 g/mol. The van der Waals surface area contributed by atoms with Crippen molar-refractivity contribution in [2.75, 3.05) is 0 Å². The maximum Gasteiger partial charge on any atom is 0.337 e. The molecule has 0 saturated carbocycles. The van der Waals surface area contributed by atoms with Crippen LogP contribution in [0.25, 0.3) is 33.4 Å². The van der Waals surface area contributed by atoms with Gasteiger partial charge >= 0.3 is 5.97 Å². The molecule has 0 unspecified atom stereocenters. The molecule has 0 saturated heterocycles. The molecule has 116 valence electrons. The number of benzene rings is 2. The first kappa shape index (κ1) is 14.2. The van der Waals surface area contributed by atoms with E-state index in [1.165, 1.54) is 0 Å². The highest BCUT2D eigenvalue weighted by molar-refractivity contribution is 6.02. The number of aromatic carboxylic acids is 1. The van der Waals surface area contributed by atoms with E-state index in [1.54, 1.807) is 12.3 Å². The van der Waals surface area contributed by atoms with Gasteiger partial charge in [-0.1, -0.05) is 54.6 Å². The molecule has 0 aliphatic carbocycles. The molecule has 24 heavy (non-hydrogen) atoms. The number of aromatic nitrogens is 2. The Morgan fingerprint density at radius 2 is 1.71 bits per heavy atom. The predicted octanol–water partition coefficient (Wildman–Crippen LogP) is 4.60. The highest BCUT2D eigenvalue weighted by Crippen LogP contribution is 2.32. The quantitative estimate of drug-likeness (QED) is 0.581. The summed E-state index contributed by atoms with van der Waals surface area (Å²) >= 11 is 0. The minimum atomic E-state index is -0.974. The maximum absolute atomic E-state index is 11.7. The highest BCUT2D eigenvalue weighted by Gasteiger charge is 2.19. The number of carboxylic acid groups (broad SMARTS) is 1. The lowest BCUT2D eigenvalue weighted by atomic mass is 10.1. The molecule has 2 aromatic carbocycles. The Balaban J connectivity index is 1.97. The van der Waals surface area contributed by atoms with E-state index in [-0.39, 0.29) is 5.56 Å². The number of nitrogens with zero attached hydrogens (tertiary/aromatic N) is 1. The van der Waals surface area contributed by atoms with E-state index in [4.69, 9.17) is 0 Å². The summed E-state index contributed by atoms with van der Waals surface area (Å²) in [6, 6.07) is 21.1. The molecule has 0 radical (unpaired) electrons.